The molecule has 0 fully saturated rings. The summed E-state index contributed by atoms with van der Waals surface area (Å²) in [5.74, 6) is -0.899. The van der Waals surface area contributed by atoms with Crippen molar-refractivity contribution < 1.29 is 9.59 Å². The maximum absolute atomic E-state index is 13.6. The summed E-state index contributed by atoms with van der Waals surface area (Å²) < 4.78 is 0. The summed E-state index contributed by atoms with van der Waals surface area (Å²) in [6.07, 6.45) is 2.31. The van der Waals surface area contributed by atoms with Crippen molar-refractivity contribution in [1.82, 2.24) is 15.6 Å². The quantitative estimate of drug-likeness (QED) is 0.377. The minimum absolute atomic E-state index is 0.0288. The lowest BCUT2D eigenvalue weighted by atomic mass is 9.90. The summed E-state index contributed by atoms with van der Waals surface area (Å²) in [5, 5.41) is 7.07. The number of rotatable bonds is 8. The highest BCUT2D eigenvalue weighted by atomic mass is 16.2. The lowest BCUT2D eigenvalue weighted by Gasteiger charge is -2.24. The number of para-hydroxylation sites is 1. The molecular weight excluding hydrogens is 410 g/mol. The first-order valence-electron chi connectivity index (χ1n) is 11.3. The van der Waals surface area contributed by atoms with Gasteiger partial charge in [0.25, 0.3) is 0 Å². The number of nitrogens with one attached hydrogen (secondary N) is 3. The Morgan fingerprint density at radius 2 is 1.33 bits per heavy atom. The van der Waals surface area contributed by atoms with Crippen molar-refractivity contribution in [1.29, 1.82) is 0 Å². The van der Waals surface area contributed by atoms with E-state index in [-0.39, 0.29) is 17.9 Å². The molecule has 5 nitrogen and oxygen atoms in total. The van der Waals surface area contributed by atoms with E-state index in [1.54, 1.807) is 0 Å². The molecule has 1 atom stereocenters. The number of carbonyl (C=O) groups excluding carboxylic acids is 2. The van der Waals surface area contributed by atoms with E-state index in [4.69, 9.17) is 0 Å². The van der Waals surface area contributed by atoms with Gasteiger partial charge < -0.3 is 15.6 Å². The minimum Gasteiger partial charge on any atom is -0.361 e. The molecule has 4 rings (SSSR count). The number of aromatic nitrogens is 1. The monoisotopic (exact) mass is 439 g/mol. The minimum atomic E-state index is -0.700. The van der Waals surface area contributed by atoms with Gasteiger partial charge in [-0.1, -0.05) is 78.9 Å². The number of fused-ring (bicyclic) bond motifs is 1. The highest BCUT2D eigenvalue weighted by molar-refractivity contribution is 5.93. The van der Waals surface area contributed by atoms with Crippen LogP contribution in [0.1, 0.15) is 36.5 Å². The molecule has 0 radical (unpaired) electrons. The van der Waals surface area contributed by atoms with Crippen molar-refractivity contribution in [3.63, 3.8) is 0 Å². The van der Waals surface area contributed by atoms with Crippen LogP contribution in [0.25, 0.3) is 10.9 Å². The van der Waals surface area contributed by atoms with Crippen molar-refractivity contribution in [3.05, 3.63) is 108 Å². The summed E-state index contributed by atoms with van der Waals surface area (Å²) in [4.78, 5) is 30.0. The van der Waals surface area contributed by atoms with Gasteiger partial charge in [0.05, 0.1) is 5.92 Å². The Balaban J connectivity index is 1.65. The van der Waals surface area contributed by atoms with Crippen LogP contribution in [-0.4, -0.2) is 28.9 Å². The van der Waals surface area contributed by atoms with Crippen molar-refractivity contribution in [2.45, 2.75) is 38.3 Å². The molecule has 3 N–H and O–H groups in total. The standard InChI is InChI=1S/C28H29N3O2/c1-19(2)30-27(32)25(17-22-18-29-24-16-10-9-15-23(22)24)31-28(33)26(20-11-5-3-6-12-20)21-13-7-4-8-14-21/h3-16,18-19,25-26,29H,17H2,1-2H3,(H,30,32)(H,31,33)/t25-/m0/s1. The molecule has 1 heterocycles. The zero-order valence-corrected chi connectivity index (χ0v) is 18.9. The molecule has 33 heavy (non-hydrogen) atoms. The average molecular weight is 440 g/mol. The first-order valence-corrected chi connectivity index (χ1v) is 11.3. The van der Waals surface area contributed by atoms with Crippen molar-refractivity contribution in [2.75, 3.05) is 0 Å². The fourth-order valence-corrected chi connectivity index (χ4v) is 4.16. The highest BCUT2D eigenvalue weighted by Gasteiger charge is 2.28. The lowest BCUT2D eigenvalue weighted by molar-refractivity contribution is -0.129. The molecule has 0 aliphatic carbocycles. The molecule has 4 aromatic rings. The normalized spacial score (nSPS) is 12.1. The number of amides is 2. The summed E-state index contributed by atoms with van der Waals surface area (Å²) in [6, 6.07) is 26.6. The summed E-state index contributed by atoms with van der Waals surface area (Å²) in [6.45, 7) is 3.83. The van der Waals surface area contributed by atoms with E-state index in [0.717, 1.165) is 27.6 Å². The zero-order chi connectivity index (χ0) is 23.2. The largest absolute Gasteiger partial charge is 0.361 e. The second-order valence-electron chi connectivity index (χ2n) is 8.54. The zero-order valence-electron chi connectivity index (χ0n) is 18.9. The molecule has 0 aliphatic rings. The Morgan fingerprint density at radius 1 is 0.758 bits per heavy atom. The van der Waals surface area contributed by atoms with Gasteiger partial charge in [0.1, 0.15) is 6.04 Å². The topological polar surface area (TPSA) is 74.0 Å². The van der Waals surface area contributed by atoms with Gasteiger partial charge in [0.2, 0.25) is 11.8 Å². The Hall–Kier alpha value is -3.86. The molecule has 2 amide bonds. The van der Waals surface area contributed by atoms with Gasteiger partial charge >= 0.3 is 0 Å². The second kappa shape index (κ2) is 10.2. The smallest absolute Gasteiger partial charge is 0.243 e. The molecule has 0 saturated heterocycles. The lowest BCUT2D eigenvalue weighted by Crippen LogP contribution is -2.50. The van der Waals surface area contributed by atoms with E-state index < -0.39 is 12.0 Å². The SMILES string of the molecule is CC(C)NC(=O)[C@H](Cc1c[nH]c2ccccc12)NC(=O)C(c1ccccc1)c1ccccc1. The first kappa shape index (κ1) is 22.3. The average Bonchev–Trinajstić information content (AvgIpc) is 3.23. The van der Waals surface area contributed by atoms with E-state index in [9.17, 15) is 9.59 Å². The maximum atomic E-state index is 13.6. The highest BCUT2D eigenvalue weighted by Crippen LogP contribution is 2.25. The van der Waals surface area contributed by atoms with E-state index in [1.165, 1.54) is 0 Å². The van der Waals surface area contributed by atoms with Crippen molar-refractivity contribution in [2.24, 2.45) is 0 Å². The van der Waals surface area contributed by atoms with Crippen LogP contribution in [0.2, 0.25) is 0 Å². The number of carbonyl (C=O) groups is 2. The Labute approximate surface area is 194 Å². The van der Waals surface area contributed by atoms with Crippen molar-refractivity contribution >= 4 is 22.7 Å². The van der Waals surface area contributed by atoms with Crippen LogP contribution in [-0.2, 0) is 16.0 Å². The number of hydrogen-bond donors (Lipinski definition) is 3. The number of H-pyrrole nitrogens is 1. The Morgan fingerprint density at radius 3 is 1.94 bits per heavy atom. The molecule has 0 bridgehead atoms. The molecule has 5 heteroatoms. The van der Waals surface area contributed by atoms with Gasteiger partial charge in [-0.15, -0.1) is 0 Å². The fourth-order valence-electron chi connectivity index (χ4n) is 4.16. The van der Waals surface area contributed by atoms with E-state index in [1.807, 2.05) is 105 Å². The van der Waals surface area contributed by atoms with Crippen LogP contribution >= 0.6 is 0 Å². The molecule has 168 valence electrons. The molecule has 0 aliphatic heterocycles. The molecule has 0 saturated carbocycles. The number of benzene rings is 3. The van der Waals surface area contributed by atoms with E-state index >= 15 is 0 Å². The Kier molecular flexibility index (Phi) is 6.89. The van der Waals surface area contributed by atoms with Crippen LogP contribution in [0, 0.1) is 0 Å². The van der Waals surface area contributed by atoms with Gasteiger partial charge in [-0.2, -0.15) is 0 Å². The van der Waals surface area contributed by atoms with Gasteiger partial charge in [-0.3, -0.25) is 9.59 Å². The molecule has 1 aromatic heterocycles. The van der Waals surface area contributed by atoms with Crippen LogP contribution in [0.5, 0.6) is 0 Å². The molecule has 0 spiro atoms. The van der Waals surface area contributed by atoms with Crippen LogP contribution in [0.4, 0.5) is 0 Å². The van der Waals surface area contributed by atoms with Crippen LogP contribution < -0.4 is 10.6 Å². The third-order valence-electron chi connectivity index (χ3n) is 5.69. The summed E-state index contributed by atoms with van der Waals surface area (Å²) in [5.41, 5.74) is 3.77. The van der Waals surface area contributed by atoms with Gasteiger partial charge in [0.15, 0.2) is 0 Å². The summed E-state index contributed by atoms with van der Waals surface area (Å²) in [7, 11) is 0. The van der Waals surface area contributed by atoms with Gasteiger partial charge in [-0.05, 0) is 36.6 Å². The summed E-state index contributed by atoms with van der Waals surface area (Å²) >= 11 is 0. The Bertz CT molecular complexity index is 1180. The second-order valence-corrected chi connectivity index (χ2v) is 8.54. The van der Waals surface area contributed by atoms with E-state index in [2.05, 4.69) is 15.6 Å². The predicted molar refractivity (Wildman–Crippen MR) is 132 cm³/mol. The van der Waals surface area contributed by atoms with Crippen LogP contribution in [0.3, 0.4) is 0 Å². The first-order chi connectivity index (χ1) is 16.0. The third kappa shape index (κ3) is 5.32. The van der Waals surface area contributed by atoms with Gasteiger partial charge in [0, 0.05) is 29.6 Å². The van der Waals surface area contributed by atoms with Crippen LogP contribution in [0.15, 0.2) is 91.1 Å². The number of aromatic amines is 1. The molecule has 3 aromatic carbocycles. The predicted octanol–water partition coefficient (Wildman–Crippen LogP) is 4.55. The van der Waals surface area contributed by atoms with Crippen molar-refractivity contribution in [3.8, 4) is 0 Å². The van der Waals surface area contributed by atoms with E-state index in [0.29, 0.717) is 6.42 Å². The maximum Gasteiger partial charge on any atom is 0.243 e. The molecule has 0 unspecified atom stereocenters. The van der Waals surface area contributed by atoms with Gasteiger partial charge in [-0.25, -0.2) is 0 Å². The number of hydrogen-bond acceptors (Lipinski definition) is 2. The third-order valence-corrected chi connectivity index (χ3v) is 5.69. The fraction of sp³-hybridized carbons (Fsp3) is 0.214. The molecular formula is C28H29N3O2.